The van der Waals surface area contributed by atoms with Crippen LogP contribution in [0.2, 0.25) is 0 Å². The lowest BCUT2D eigenvalue weighted by Crippen LogP contribution is -2.31. The van der Waals surface area contributed by atoms with Crippen LogP contribution in [0.3, 0.4) is 0 Å². The van der Waals surface area contributed by atoms with E-state index in [4.69, 9.17) is 4.98 Å². The van der Waals surface area contributed by atoms with Gasteiger partial charge in [-0.2, -0.15) is 0 Å². The van der Waals surface area contributed by atoms with Gasteiger partial charge in [-0.15, -0.1) is 0 Å². The average molecular weight is 293 g/mol. The van der Waals surface area contributed by atoms with Gasteiger partial charge in [-0.3, -0.25) is 4.90 Å². The van der Waals surface area contributed by atoms with Gasteiger partial charge in [0.25, 0.3) is 0 Å². The van der Waals surface area contributed by atoms with Crippen molar-refractivity contribution >= 4 is 5.65 Å². The van der Waals surface area contributed by atoms with Gasteiger partial charge in [0, 0.05) is 38.2 Å². The zero-order valence-electron chi connectivity index (χ0n) is 13.0. The Kier molecular flexibility index (Phi) is 3.15. The molecule has 0 aliphatic carbocycles. The Labute approximate surface area is 129 Å². The minimum atomic E-state index is 0.851. The van der Waals surface area contributed by atoms with E-state index < -0.39 is 0 Å². The van der Waals surface area contributed by atoms with E-state index in [2.05, 4.69) is 50.7 Å². The summed E-state index contributed by atoms with van der Waals surface area (Å²) in [5.74, 6) is 0.851. The van der Waals surface area contributed by atoms with Gasteiger partial charge in [-0.1, -0.05) is 6.07 Å². The van der Waals surface area contributed by atoms with E-state index in [1.165, 1.54) is 16.8 Å². The molecule has 0 saturated carbocycles. The van der Waals surface area contributed by atoms with Gasteiger partial charge in [-0.25, -0.2) is 15.0 Å². The minimum Gasteiger partial charge on any atom is -0.307 e. The monoisotopic (exact) mass is 293 g/mol. The van der Waals surface area contributed by atoms with Crippen molar-refractivity contribution < 1.29 is 0 Å². The Balaban J connectivity index is 1.57. The third-order valence-corrected chi connectivity index (χ3v) is 4.26. The van der Waals surface area contributed by atoms with Gasteiger partial charge in [0.1, 0.15) is 11.5 Å². The highest BCUT2D eigenvalue weighted by Gasteiger charge is 2.19. The van der Waals surface area contributed by atoms with E-state index in [0.29, 0.717) is 0 Å². The van der Waals surface area contributed by atoms with Crippen LogP contribution in [-0.4, -0.2) is 30.8 Å². The van der Waals surface area contributed by atoms with Crippen molar-refractivity contribution in [2.75, 3.05) is 6.54 Å². The summed E-state index contributed by atoms with van der Waals surface area (Å²) in [6.07, 6.45) is 7.18. The zero-order chi connectivity index (χ0) is 15.1. The van der Waals surface area contributed by atoms with E-state index >= 15 is 0 Å². The predicted octanol–water partition coefficient (Wildman–Crippen LogP) is 2.30. The number of hydrogen-bond donors (Lipinski definition) is 0. The van der Waals surface area contributed by atoms with Gasteiger partial charge in [0.05, 0.1) is 11.4 Å². The van der Waals surface area contributed by atoms with E-state index in [0.717, 1.165) is 43.2 Å². The summed E-state index contributed by atoms with van der Waals surface area (Å²) >= 11 is 0. The smallest absolute Gasteiger partial charge is 0.139 e. The molecule has 22 heavy (non-hydrogen) atoms. The maximum atomic E-state index is 4.77. The molecule has 0 atom stereocenters. The largest absolute Gasteiger partial charge is 0.307 e. The van der Waals surface area contributed by atoms with Crippen LogP contribution in [0.5, 0.6) is 0 Å². The standard InChI is InChI=1S/C17H19N5/c1-12-4-3-6-22-10-15(20-17(12)22)9-21-7-5-14-8-18-13(2)19-16(14)11-21/h3-4,6,8,10H,5,7,9,11H2,1-2H3. The highest BCUT2D eigenvalue weighted by atomic mass is 15.2. The molecule has 3 aromatic rings. The molecule has 0 fully saturated rings. The number of pyridine rings is 1. The van der Waals surface area contributed by atoms with Crippen LogP contribution in [0.1, 0.15) is 28.3 Å². The number of aryl methyl sites for hydroxylation is 2. The molecule has 0 saturated heterocycles. The van der Waals surface area contributed by atoms with Crippen molar-refractivity contribution in [1.29, 1.82) is 0 Å². The van der Waals surface area contributed by atoms with Crippen LogP contribution in [-0.2, 0) is 19.5 Å². The molecule has 5 heteroatoms. The second-order valence-electron chi connectivity index (χ2n) is 6.00. The summed E-state index contributed by atoms with van der Waals surface area (Å²) in [6, 6.07) is 4.16. The molecule has 3 aromatic heterocycles. The fourth-order valence-electron chi connectivity index (χ4n) is 3.10. The molecule has 0 spiro atoms. The number of aromatic nitrogens is 4. The molecule has 5 nitrogen and oxygen atoms in total. The first-order chi connectivity index (χ1) is 10.7. The SMILES string of the molecule is Cc1ncc2c(n1)CN(Cc1cn3cccc(C)c3n1)CC2. The van der Waals surface area contributed by atoms with Gasteiger partial charge in [-0.05, 0) is 37.5 Å². The van der Waals surface area contributed by atoms with Gasteiger partial charge < -0.3 is 4.40 Å². The summed E-state index contributed by atoms with van der Waals surface area (Å²) in [7, 11) is 0. The quantitative estimate of drug-likeness (QED) is 0.727. The Morgan fingerprint density at radius 1 is 1.23 bits per heavy atom. The highest BCUT2D eigenvalue weighted by molar-refractivity contribution is 5.47. The lowest BCUT2D eigenvalue weighted by atomic mass is 10.1. The molecule has 0 bridgehead atoms. The normalized spacial score (nSPS) is 15.2. The summed E-state index contributed by atoms with van der Waals surface area (Å²) in [5, 5.41) is 0. The Morgan fingerprint density at radius 2 is 2.14 bits per heavy atom. The van der Waals surface area contributed by atoms with Gasteiger partial charge in [0.15, 0.2) is 0 Å². The van der Waals surface area contributed by atoms with Crippen LogP contribution in [0.15, 0.2) is 30.7 Å². The average Bonchev–Trinajstić information content (AvgIpc) is 2.91. The first-order valence-corrected chi connectivity index (χ1v) is 7.66. The molecular weight excluding hydrogens is 274 g/mol. The molecule has 4 rings (SSSR count). The highest BCUT2D eigenvalue weighted by Crippen LogP contribution is 2.19. The Bertz CT molecular complexity index is 836. The molecule has 0 amide bonds. The first-order valence-electron chi connectivity index (χ1n) is 7.66. The van der Waals surface area contributed by atoms with Crippen molar-refractivity contribution in [2.24, 2.45) is 0 Å². The fraction of sp³-hybridized carbons (Fsp3) is 0.353. The van der Waals surface area contributed by atoms with Crippen molar-refractivity contribution in [3.63, 3.8) is 0 Å². The molecule has 0 radical (unpaired) electrons. The number of imidazole rings is 1. The third-order valence-electron chi connectivity index (χ3n) is 4.26. The maximum absolute atomic E-state index is 4.77. The van der Waals surface area contributed by atoms with Crippen LogP contribution in [0.25, 0.3) is 5.65 Å². The summed E-state index contributed by atoms with van der Waals surface area (Å²) < 4.78 is 2.11. The first kappa shape index (κ1) is 13.4. The summed E-state index contributed by atoms with van der Waals surface area (Å²) in [6.45, 7) is 6.83. The second kappa shape index (κ2) is 5.18. The lowest BCUT2D eigenvalue weighted by Gasteiger charge is -2.27. The number of hydrogen-bond acceptors (Lipinski definition) is 4. The molecule has 4 heterocycles. The molecule has 112 valence electrons. The molecule has 0 aromatic carbocycles. The number of nitrogens with zero attached hydrogens (tertiary/aromatic N) is 5. The maximum Gasteiger partial charge on any atom is 0.139 e. The molecule has 0 N–H and O–H groups in total. The topological polar surface area (TPSA) is 46.3 Å². The van der Waals surface area contributed by atoms with Gasteiger partial charge in [0.2, 0.25) is 0 Å². The van der Waals surface area contributed by atoms with E-state index in [-0.39, 0.29) is 0 Å². The Morgan fingerprint density at radius 3 is 3.00 bits per heavy atom. The molecule has 0 unspecified atom stereocenters. The van der Waals surface area contributed by atoms with Crippen molar-refractivity contribution in [3.05, 3.63) is 59.1 Å². The predicted molar refractivity (Wildman–Crippen MR) is 84.5 cm³/mol. The van der Waals surface area contributed by atoms with Crippen LogP contribution < -0.4 is 0 Å². The van der Waals surface area contributed by atoms with E-state index in [9.17, 15) is 0 Å². The van der Waals surface area contributed by atoms with Crippen molar-refractivity contribution in [3.8, 4) is 0 Å². The molecule has 1 aliphatic heterocycles. The summed E-state index contributed by atoms with van der Waals surface area (Å²) in [4.78, 5) is 16.1. The number of rotatable bonds is 2. The molecule has 1 aliphatic rings. The lowest BCUT2D eigenvalue weighted by molar-refractivity contribution is 0.238. The van der Waals surface area contributed by atoms with E-state index in [1.807, 2.05) is 13.1 Å². The van der Waals surface area contributed by atoms with Crippen LogP contribution >= 0.6 is 0 Å². The second-order valence-corrected chi connectivity index (χ2v) is 6.00. The Hall–Kier alpha value is -2.27. The molecular formula is C17H19N5. The van der Waals surface area contributed by atoms with Crippen LogP contribution in [0, 0.1) is 13.8 Å². The van der Waals surface area contributed by atoms with Gasteiger partial charge >= 0.3 is 0 Å². The number of fused-ring (bicyclic) bond motifs is 2. The fourth-order valence-corrected chi connectivity index (χ4v) is 3.10. The van der Waals surface area contributed by atoms with Crippen molar-refractivity contribution in [2.45, 2.75) is 33.4 Å². The minimum absolute atomic E-state index is 0.851. The van der Waals surface area contributed by atoms with Crippen molar-refractivity contribution in [1.82, 2.24) is 24.3 Å². The summed E-state index contributed by atoms with van der Waals surface area (Å²) in [5.41, 5.74) is 5.82. The third kappa shape index (κ3) is 2.37. The van der Waals surface area contributed by atoms with Crippen LogP contribution in [0.4, 0.5) is 0 Å². The zero-order valence-corrected chi connectivity index (χ0v) is 13.0. The van der Waals surface area contributed by atoms with E-state index in [1.54, 1.807) is 0 Å².